The van der Waals surface area contributed by atoms with Gasteiger partial charge in [-0.25, -0.2) is 0 Å². The zero-order valence-corrected chi connectivity index (χ0v) is 16.5. The highest BCUT2D eigenvalue weighted by Gasteiger charge is 2.47. The maximum Gasteiger partial charge on any atom is 0.305 e. The van der Waals surface area contributed by atoms with Crippen molar-refractivity contribution >= 4 is 5.97 Å². The summed E-state index contributed by atoms with van der Waals surface area (Å²) >= 11 is 0. The normalized spacial score (nSPS) is 29.5. The number of hydrogen-bond donors (Lipinski definition) is 2. The molecule has 5 heteroatoms. The Kier molecular flexibility index (Phi) is 8.11. The molecule has 2 N–H and O–H groups in total. The van der Waals surface area contributed by atoms with Crippen molar-refractivity contribution < 1.29 is 24.5 Å². The number of unbranched alkanes of at least 4 members (excludes halogenated alkanes) is 1. The quantitative estimate of drug-likeness (QED) is 0.405. The number of aliphatic carboxylic acids is 1. The van der Waals surface area contributed by atoms with E-state index in [1.807, 2.05) is 6.08 Å². The second kappa shape index (κ2) is 9.86. The Hall–Kier alpha value is -0.910. The van der Waals surface area contributed by atoms with E-state index >= 15 is 0 Å². The molecule has 5 nitrogen and oxygen atoms in total. The van der Waals surface area contributed by atoms with E-state index < -0.39 is 12.1 Å². The predicted octanol–water partition coefficient (Wildman–Crippen LogP) is 3.79. The fraction of sp³-hybridized carbons (Fsp3) is 0.857. The molecule has 2 fully saturated rings. The fourth-order valence-corrected chi connectivity index (χ4v) is 4.21. The number of carboxylic acids is 1. The van der Waals surface area contributed by atoms with Crippen molar-refractivity contribution in [2.75, 3.05) is 13.2 Å². The van der Waals surface area contributed by atoms with Gasteiger partial charge < -0.3 is 19.7 Å². The molecule has 1 unspecified atom stereocenters. The van der Waals surface area contributed by atoms with Crippen molar-refractivity contribution in [3.05, 3.63) is 12.2 Å². The third-order valence-electron chi connectivity index (χ3n) is 6.03. The maximum atomic E-state index is 10.6. The van der Waals surface area contributed by atoms with E-state index in [1.54, 1.807) is 0 Å². The van der Waals surface area contributed by atoms with Gasteiger partial charge in [0.1, 0.15) is 0 Å². The molecule has 0 spiro atoms. The summed E-state index contributed by atoms with van der Waals surface area (Å²) in [6.07, 6.45) is 10.6. The van der Waals surface area contributed by atoms with Crippen LogP contribution in [-0.2, 0) is 14.3 Å². The predicted molar refractivity (Wildman–Crippen MR) is 101 cm³/mol. The number of ether oxygens (including phenoxy) is 2. The minimum absolute atomic E-state index is 0.0512. The Labute approximate surface area is 157 Å². The highest BCUT2D eigenvalue weighted by molar-refractivity contribution is 5.66. The van der Waals surface area contributed by atoms with Gasteiger partial charge >= 0.3 is 5.97 Å². The van der Waals surface area contributed by atoms with Crippen LogP contribution >= 0.6 is 0 Å². The summed E-state index contributed by atoms with van der Waals surface area (Å²) in [5.41, 5.74) is -0.111. The number of rotatable bonds is 12. The lowest BCUT2D eigenvalue weighted by Crippen LogP contribution is -2.30. The van der Waals surface area contributed by atoms with E-state index in [0.717, 1.165) is 38.5 Å². The van der Waals surface area contributed by atoms with Crippen molar-refractivity contribution in [3.8, 4) is 0 Å². The summed E-state index contributed by atoms with van der Waals surface area (Å²) in [4.78, 5) is 10.5. The molecular weight excluding hydrogens is 332 g/mol. The molecule has 2 aliphatic heterocycles. The van der Waals surface area contributed by atoms with Crippen LogP contribution in [-0.4, -0.2) is 47.7 Å². The number of fused-ring (bicyclic) bond motifs is 2. The zero-order valence-electron chi connectivity index (χ0n) is 16.5. The number of aliphatic hydroxyl groups is 1. The molecule has 5 atom stereocenters. The Morgan fingerprint density at radius 2 is 2.04 bits per heavy atom. The number of hydrogen-bond acceptors (Lipinski definition) is 4. The van der Waals surface area contributed by atoms with Crippen LogP contribution in [0.15, 0.2) is 12.2 Å². The molecule has 150 valence electrons. The van der Waals surface area contributed by atoms with Gasteiger partial charge in [0.2, 0.25) is 0 Å². The van der Waals surface area contributed by atoms with Crippen molar-refractivity contribution in [1.82, 2.24) is 0 Å². The molecule has 2 rings (SSSR count). The molecule has 0 aromatic heterocycles. The molecular formula is C21H36O5. The summed E-state index contributed by atoms with van der Waals surface area (Å²) in [5.74, 6) is -0.0945. The van der Waals surface area contributed by atoms with Gasteiger partial charge in [-0.05, 0) is 37.0 Å². The molecule has 0 aromatic rings. The van der Waals surface area contributed by atoms with E-state index in [2.05, 4.69) is 26.8 Å². The van der Waals surface area contributed by atoms with Crippen LogP contribution in [0.25, 0.3) is 0 Å². The first-order chi connectivity index (χ1) is 12.3. The molecule has 2 heterocycles. The summed E-state index contributed by atoms with van der Waals surface area (Å²) in [6.45, 7) is 7.26. The summed E-state index contributed by atoms with van der Waals surface area (Å²) in [6, 6.07) is 0. The lowest BCUT2D eigenvalue weighted by molar-refractivity contribution is -0.138. The van der Waals surface area contributed by atoms with E-state index in [4.69, 9.17) is 14.6 Å². The smallest absolute Gasteiger partial charge is 0.305 e. The van der Waals surface area contributed by atoms with Gasteiger partial charge in [-0.3, -0.25) is 4.79 Å². The van der Waals surface area contributed by atoms with Gasteiger partial charge in [-0.1, -0.05) is 45.8 Å². The summed E-state index contributed by atoms with van der Waals surface area (Å²) < 4.78 is 11.6. The average Bonchev–Trinajstić information content (AvgIpc) is 3.19. The second-order valence-corrected chi connectivity index (χ2v) is 8.50. The van der Waals surface area contributed by atoms with Crippen molar-refractivity contribution in [3.63, 3.8) is 0 Å². The molecule has 0 radical (unpaired) electrons. The highest BCUT2D eigenvalue weighted by Crippen LogP contribution is 2.46. The minimum Gasteiger partial charge on any atom is -0.481 e. The Balaban J connectivity index is 1.86. The first-order valence-electron chi connectivity index (χ1n) is 10.2. The van der Waals surface area contributed by atoms with Crippen LogP contribution in [0.2, 0.25) is 0 Å². The molecule has 2 saturated heterocycles. The Morgan fingerprint density at radius 1 is 1.31 bits per heavy atom. The fourth-order valence-electron chi connectivity index (χ4n) is 4.21. The SMILES string of the molecule is CCCCC(C)(C)C(O)C=C[C@@H]1[C@H](CCOCCC(=O)O)[C@@H]2CC[C@H]1O2. The number of aliphatic hydroxyl groups excluding tert-OH is 1. The largest absolute Gasteiger partial charge is 0.481 e. The van der Waals surface area contributed by atoms with E-state index in [-0.39, 0.29) is 30.7 Å². The summed E-state index contributed by atoms with van der Waals surface area (Å²) in [5, 5.41) is 19.3. The van der Waals surface area contributed by atoms with Crippen LogP contribution < -0.4 is 0 Å². The number of carbonyl (C=O) groups is 1. The first kappa shape index (κ1) is 21.4. The molecule has 2 aliphatic rings. The maximum absolute atomic E-state index is 10.6. The summed E-state index contributed by atoms with van der Waals surface area (Å²) in [7, 11) is 0. The first-order valence-corrected chi connectivity index (χ1v) is 10.2. The van der Waals surface area contributed by atoms with Crippen LogP contribution in [0.1, 0.15) is 65.7 Å². The third kappa shape index (κ3) is 5.80. The van der Waals surface area contributed by atoms with Crippen LogP contribution in [0.3, 0.4) is 0 Å². The van der Waals surface area contributed by atoms with Crippen LogP contribution in [0.4, 0.5) is 0 Å². The van der Waals surface area contributed by atoms with Gasteiger partial charge in [0.25, 0.3) is 0 Å². The van der Waals surface area contributed by atoms with Crippen molar-refractivity contribution in [2.45, 2.75) is 84.0 Å². The third-order valence-corrected chi connectivity index (χ3v) is 6.03. The monoisotopic (exact) mass is 368 g/mol. The topological polar surface area (TPSA) is 76.0 Å². The van der Waals surface area contributed by atoms with E-state index in [1.165, 1.54) is 0 Å². The highest BCUT2D eigenvalue weighted by atomic mass is 16.5. The van der Waals surface area contributed by atoms with E-state index in [0.29, 0.717) is 18.4 Å². The molecule has 0 saturated carbocycles. The molecule has 0 amide bonds. The zero-order chi connectivity index (χ0) is 19.2. The van der Waals surface area contributed by atoms with Gasteiger partial charge in [0.15, 0.2) is 0 Å². The van der Waals surface area contributed by atoms with Crippen LogP contribution in [0.5, 0.6) is 0 Å². The van der Waals surface area contributed by atoms with Crippen molar-refractivity contribution in [1.29, 1.82) is 0 Å². The second-order valence-electron chi connectivity index (χ2n) is 8.50. The molecule has 2 bridgehead atoms. The standard InChI is InChI=1S/C21H36O5/c1-4-5-12-21(2,3)19(22)9-6-15-16(18-8-7-17(15)26-18)10-13-25-14-11-20(23)24/h6,9,15-19,22H,4-5,7-8,10-14H2,1-3H3,(H,23,24)/t15-,16+,17-,18+,19?/m1/s1. The minimum atomic E-state index is -0.825. The van der Waals surface area contributed by atoms with Crippen LogP contribution in [0, 0.1) is 17.3 Å². The van der Waals surface area contributed by atoms with Gasteiger partial charge in [-0.2, -0.15) is 0 Å². The van der Waals surface area contributed by atoms with Gasteiger partial charge in [0, 0.05) is 12.5 Å². The lowest BCUT2D eigenvalue weighted by atomic mass is 9.76. The van der Waals surface area contributed by atoms with E-state index in [9.17, 15) is 9.90 Å². The number of carboxylic acid groups (broad SMARTS) is 1. The Morgan fingerprint density at radius 3 is 2.73 bits per heavy atom. The Bertz CT molecular complexity index is 473. The molecule has 0 aliphatic carbocycles. The molecule has 0 aromatic carbocycles. The lowest BCUT2D eigenvalue weighted by Gasteiger charge is -2.30. The average molecular weight is 369 g/mol. The van der Waals surface area contributed by atoms with Crippen molar-refractivity contribution in [2.24, 2.45) is 17.3 Å². The van der Waals surface area contributed by atoms with Gasteiger partial charge in [0.05, 0.1) is 31.3 Å². The molecule has 26 heavy (non-hydrogen) atoms. The van der Waals surface area contributed by atoms with Gasteiger partial charge in [-0.15, -0.1) is 0 Å².